The Labute approximate surface area is 409 Å². The van der Waals surface area contributed by atoms with Gasteiger partial charge >= 0.3 is 5.97 Å². The maximum absolute atomic E-state index is 12.6. The number of aromatic carboxylic acids is 1. The van der Waals surface area contributed by atoms with E-state index in [9.17, 15) is 48.8 Å². The number of ether oxygens (including phenoxy) is 2. The molecule has 2 atom stereocenters. The molecule has 5 aromatic rings. The van der Waals surface area contributed by atoms with Gasteiger partial charge in [0.05, 0.1) is 26.5 Å². The molecule has 0 bridgehead atoms. The van der Waals surface area contributed by atoms with Gasteiger partial charge in [0.1, 0.15) is 16.7 Å². The minimum atomic E-state index is -4.90. The summed E-state index contributed by atoms with van der Waals surface area (Å²) in [6.07, 6.45) is 9.42. The topological polar surface area (TPSA) is 228 Å². The zero-order chi connectivity index (χ0) is 51.1. The van der Waals surface area contributed by atoms with Crippen LogP contribution in [0.4, 0.5) is 11.4 Å². The van der Waals surface area contributed by atoms with E-state index in [1.807, 2.05) is 61.8 Å². The summed E-state index contributed by atoms with van der Waals surface area (Å²) in [7, 11) is -10.6. The number of hydrogen-bond acceptors (Lipinski definition) is 11. The number of carboxylic acid groups (broad SMARTS) is 1. The summed E-state index contributed by atoms with van der Waals surface area (Å²) in [4.78, 5) is 13.9. The van der Waals surface area contributed by atoms with Gasteiger partial charge < -0.3 is 24.0 Å². The Bertz CT molecular complexity index is 3390. The number of hydrogen-bond donors (Lipinski definition) is 3. The predicted octanol–water partition coefficient (Wildman–Crippen LogP) is 8.88. The fraction of sp³-hybridized carbons (Fsp3) is 0.346. The molecule has 5 aromatic carbocycles. The molecule has 18 heteroatoms. The minimum Gasteiger partial charge on any atom is -0.744 e. The smallest absolute Gasteiger partial charge is 0.335 e. The summed E-state index contributed by atoms with van der Waals surface area (Å²) in [5.74, 6) is -1.62. The molecule has 2 aliphatic rings. The zero-order valence-electron chi connectivity index (χ0n) is 40.1. The molecule has 0 saturated carbocycles. The minimum absolute atomic E-state index is 0.0148. The lowest BCUT2D eigenvalue weighted by Gasteiger charge is -2.30. The number of anilines is 1. The van der Waals surface area contributed by atoms with Gasteiger partial charge in [0.25, 0.3) is 20.2 Å². The van der Waals surface area contributed by atoms with E-state index in [4.69, 9.17) is 9.47 Å². The first kappa shape index (κ1) is 52.3. The van der Waals surface area contributed by atoms with Crippen molar-refractivity contribution in [3.8, 4) is 0 Å². The summed E-state index contributed by atoms with van der Waals surface area (Å²) in [5.41, 5.74) is 5.75. The predicted molar refractivity (Wildman–Crippen MR) is 270 cm³/mol. The fourth-order valence-electron chi connectivity index (χ4n) is 10.6. The maximum atomic E-state index is 12.6. The van der Waals surface area contributed by atoms with Gasteiger partial charge in [-0.25, -0.2) is 13.2 Å². The van der Waals surface area contributed by atoms with E-state index in [-0.39, 0.29) is 40.3 Å². The highest BCUT2D eigenvalue weighted by Crippen LogP contribution is 2.53. The number of rotatable bonds is 19. The second-order valence-corrected chi connectivity index (χ2v) is 22.7. The molecule has 372 valence electrons. The van der Waals surface area contributed by atoms with Crippen LogP contribution in [0.25, 0.3) is 27.1 Å². The van der Waals surface area contributed by atoms with Crippen LogP contribution in [0.3, 0.4) is 0 Å². The molecule has 0 radical (unpaired) electrons. The lowest BCUT2D eigenvalue weighted by molar-refractivity contribution is -0.437. The largest absolute Gasteiger partial charge is 0.744 e. The average Bonchev–Trinajstić information content (AvgIpc) is 3.67. The number of methoxy groups -OCH3 is 2. The van der Waals surface area contributed by atoms with Crippen LogP contribution in [-0.4, -0.2) is 107 Å². The summed E-state index contributed by atoms with van der Waals surface area (Å²) < 4.78 is 120. The molecule has 7 rings (SSSR count). The molecule has 15 nitrogen and oxygen atoms in total. The van der Waals surface area contributed by atoms with Crippen molar-refractivity contribution in [1.82, 2.24) is 0 Å². The second-order valence-electron chi connectivity index (χ2n) is 18.4. The molecule has 0 aromatic heterocycles. The molecule has 0 amide bonds. The first-order chi connectivity index (χ1) is 32.9. The standard InChI is InChI=1S/C52H58N2O13S3/c1-8-25-53-42-19-14-35-13-17-38(69(60,61)62)32-41(35)49(42)52(5,24-28-67-7)45(53)21-15-36(47-33(2)30-37(50(55)56)31-34(47)3)16-22-46-51(4,23-27-66-6)48-40-11-9-12-44(70(63,64)65)39(40)18-20-43(48)54(46)26-10-29-68(57,58)59/h9,11-22,30-32H,8,10,23-29H2,1-7H3,(H3-,55,56,57,58,59,60,61,62,63,64,65). The van der Waals surface area contributed by atoms with Crippen molar-refractivity contribution in [2.24, 2.45) is 0 Å². The van der Waals surface area contributed by atoms with Gasteiger partial charge in [-0.05, 0) is 151 Å². The van der Waals surface area contributed by atoms with E-state index in [1.54, 1.807) is 50.6 Å². The third-order valence-electron chi connectivity index (χ3n) is 13.7. The first-order valence-corrected chi connectivity index (χ1v) is 27.2. The van der Waals surface area contributed by atoms with E-state index >= 15 is 0 Å². The quantitative estimate of drug-likeness (QED) is 0.0399. The van der Waals surface area contributed by atoms with Gasteiger partial charge in [0.15, 0.2) is 5.71 Å². The first-order valence-electron chi connectivity index (χ1n) is 22.8. The van der Waals surface area contributed by atoms with Crippen molar-refractivity contribution in [1.29, 1.82) is 0 Å². The summed E-state index contributed by atoms with van der Waals surface area (Å²) >= 11 is 0. The van der Waals surface area contributed by atoms with Crippen LogP contribution in [0.15, 0.2) is 113 Å². The van der Waals surface area contributed by atoms with E-state index in [0.29, 0.717) is 70.4 Å². The molecule has 3 N–H and O–H groups in total. The molecule has 0 saturated heterocycles. The lowest BCUT2D eigenvalue weighted by atomic mass is 9.74. The number of benzene rings is 5. The Morgan fingerprint density at radius 1 is 0.829 bits per heavy atom. The van der Waals surface area contributed by atoms with Gasteiger partial charge in [-0.15, -0.1) is 0 Å². The second kappa shape index (κ2) is 19.9. The van der Waals surface area contributed by atoms with Crippen LogP contribution in [0.2, 0.25) is 0 Å². The highest BCUT2D eigenvalue weighted by Gasteiger charge is 2.49. The molecule has 2 heterocycles. The van der Waals surface area contributed by atoms with Crippen molar-refractivity contribution < 1.29 is 62.9 Å². The van der Waals surface area contributed by atoms with E-state index < -0.39 is 52.9 Å². The summed E-state index contributed by atoms with van der Waals surface area (Å²) in [5, 5.41) is 12.2. The summed E-state index contributed by atoms with van der Waals surface area (Å²) in [6.45, 7) is 11.1. The van der Waals surface area contributed by atoms with Gasteiger partial charge in [0, 0.05) is 74.9 Å². The third kappa shape index (κ3) is 10.0. The number of allylic oxidation sites excluding steroid dienone is 6. The zero-order valence-corrected chi connectivity index (χ0v) is 42.6. The Morgan fingerprint density at radius 3 is 2.09 bits per heavy atom. The molecular formula is C52H58N2O13S3. The molecule has 2 aliphatic heterocycles. The van der Waals surface area contributed by atoms with Crippen molar-refractivity contribution in [2.75, 3.05) is 51.2 Å². The average molecular weight is 1020 g/mol. The van der Waals surface area contributed by atoms with E-state index in [0.717, 1.165) is 34.3 Å². The highest BCUT2D eigenvalue weighted by molar-refractivity contribution is 7.86. The molecular weight excluding hydrogens is 957 g/mol. The Hall–Kier alpha value is -5.57. The number of carboxylic acids is 1. The van der Waals surface area contributed by atoms with Gasteiger partial charge in [-0.1, -0.05) is 37.3 Å². The third-order valence-corrected chi connectivity index (χ3v) is 16.2. The molecule has 0 aliphatic carbocycles. The van der Waals surface area contributed by atoms with Crippen LogP contribution in [0.1, 0.15) is 84.6 Å². The Balaban J connectivity index is 1.52. The Morgan fingerprint density at radius 2 is 1.49 bits per heavy atom. The van der Waals surface area contributed by atoms with Crippen molar-refractivity contribution >= 4 is 80.5 Å². The number of nitrogens with zero attached hydrogens (tertiary/aromatic N) is 2. The molecule has 0 spiro atoms. The monoisotopic (exact) mass is 1010 g/mol. The van der Waals surface area contributed by atoms with E-state index in [2.05, 4.69) is 18.7 Å². The molecule has 2 unspecified atom stereocenters. The number of carbonyl (C=O) groups is 1. The SMILES string of the molecule is CCCN1/C(=C/C=C(/C=C/C2=[N+](CCCS(=O)(=O)O)c3ccc4c(S(=O)(=O)[O-])cccc4c3C2(C)CCOC)c2c(C)cc(C(=O)O)cc2C)C(C)(CCOC)c2c1ccc1ccc(S(=O)(=O)O)cc21. The normalized spacial score (nSPS) is 19.3. The van der Waals surface area contributed by atoms with Gasteiger partial charge in [-0.2, -0.15) is 21.4 Å². The number of fused-ring (bicyclic) bond motifs is 6. The molecule has 70 heavy (non-hydrogen) atoms. The van der Waals surface area contributed by atoms with Crippen LogP contribution >= 0.6 is 0 Å². The van der Waals surface area contributed by atoms with Crippen LogP contribution in [0.5, 0.6) is 0 Å². The van der Waals surface area contributed by atoms with Crippen LogP contribution in [0, 0.1) is 13.8 Å². The van der Waals surface area contributed by atoms with Crippen molar-refractivity contribution in [3.63, 3.8) is 0 Å². The van der Waals surface area contributed by atoms with Crippen LogP contribution in [-0.2, 0) is 50.7 Å². The van der Waals surface area contributed by atoms with Crippen molar-refractivity contribution in [3.05, 3.63) is 136 Å². The Kier molecular flexibility index (Phi) is 14.9. The van der Waals surface area contributed by atoms with Gasteiger partial charge in [0.2, 0.25) is 5.69 Å². The highest BCUT2D eigenvalue weighted by atomic mass is 32.2. The summed E-state index contributed by atoms with van der Waals surface area (Å²) in [6, 6.07) is 19.5. The number of aryl methyl sites for hydroxylation is 2. The maximum Gasteiger partial charge on any atom is 0.335 e. The lowest BCUT2D eigenvalue weighted by Crippen LogP contribution is -2.33. The van der Waals surface area contributed by atoms with E-state index in [1.165, 1.54) is 24.3 Å². The molecule has 0 fully saturated rings. The fourth-order valence-corrected chi connectivity index (χ4v) is 12.3. The van der Waals surface area contributed by atoms with Crippen LogP contribution < -0.4 is 4.90 Å². The van der Waals surface area contributed by atoms with Crippen molar-refractivity contribution in [2.45, 2.75) is 80.9 Å². The van der Waals surface area contributed by atoms with Gasteiger partial charge in [-0.3, -0.25) is 9.11 Å².